The van der Waals surface area contributed by atoms with Gasteiger partial charge in [0.05, 0.1) is 13.2 Å². The van der Waals surface area contributed by atoms with Gasteiger partial charge in [0, 0.05) is 50.2 Å². The normalized spacial score (nSPS) is 29.8. The van der Waals surface area contributed by atoms with Gasteiger partial charge in [-0.3, -0.25) is 14.8 Å². The van der Waals surface area contributed by atoms with Crippen LogP contribution in [-0.2, 0) is 9.47 Å². The van der Waals surface area contributed by atoms with E-state index in [-0.39, 0.29) is 35.9 Å². The molecule has 0 aromatic heterocycles. The van der Waals surface area contributed by atoms with Gasteiger partial charge >= 0.3 is 12.3 Å². The largest absolute Gasteiger partial charge is 0.444 e. The van der Waals surface area contributed by atoms with Gasteiger partial charge in [0.1, 0.15) is 17.0 Å². The molecule has 4 atom stereocenters. The lowest BCUT2D eigenvalue weighted by Crippen LogP contribution is -2.64. The fourth-order valence-corrected chi connectivity index (χ4v) is 7.49. The van der Waals surface area contributed by atoms with Crippen molar-refractivity contribution in [1.82, 2.24) is 14.7 Å². The summed E-state index contributed by atoms with van der Waals surface area (Å²) in [5.41, 5.74) is -1.21. The van der Waals surface area contributed by atoms with Gasteiger partial charge in [-0.15, -0.1) is 0 Å². The minimum absolute atomic E-state index is 0.0656. The highest BCUT2D eigenvalue weighted by Gasteiger charge is 2.57. The average molecular weight is 633 g/mol. The Morgan fingerprint density at radius 3 is 2.20 bits per heavy atom. The first kappa shape index (κ1) is 33.9. The number of dihydropyridines is 1. The molecular formula is C35H51F3N4O3. The molecule has 4 unspecified atom stereocenters. The Kier molecular flexibility index (Phi) is 9.27. The monoisotopic (exact) mass is 632 g/mol. The molecule has 7 nitrogen and oxygen atoms in total. The van der Waals surface area contributed by atoms with E-state index in [4.69, 9.17) is 9.47 Å². The van der Waals surface area contributed by atoms with Gasteiger partial charge in [0.15, 0.2) is 0 Å². The number of epoxide rings is 1. The minimum atomic E-state index is -4.45. The molecule has 4 heterocycles. The van der Waals surface area contributed by atoms with Crippen molar-refractivity contribution in [3.8, 4) is 0 Å². The van der Waals surface area contributed by atoms with E-state index in [1.165, 1.54) is 0 Å². The number of halogens is 3. The highest BCUT2D eigenvalue weighted by molar-refractivity contribution is 6.00. The number of alkyl halides is 3. The standard InChI is InChI=1S/C35H51F3N4O3/c1-31(2,3)28-22-41(29(26-11-9-8-10-12-26)33(7)16-13-27(39-23-33)35(36,37)38)19-20-42(28)34(24-44-34)21-25-14-17-40(18-15-25)30(43)45-32(4,5)6/h8-13,16,25,28-29H,14-15,17-24H2,1-7H3. The summed E-state index contributed by atoms with van der Waals surface area (Å²) in [6.45, 7) is 19.0. The Labute approximate surface area is 266 Å². The molecule has 0 N–H and O–H groups in total. The molecule has 1 aromatic rings. The third kappa shape index (κ3) is 7.76. The van der Waals surface area contributed by atoms with Crippen molar-refractivity contribution in [2.75, 3.05) is 45.9 Å². The number of nitrogens with zero attached hydrogens (tertiary/aromatic N) is 4. The summed E-state index contributed by atoms with van der Waals surface area (Å²) >= 11 is 0. The van der Waals surface area contributed by atoms with Crippen molar-refractivity contribution in [2.24, 2.45) is 21.7 Å². The van der Waals surface area contributed by atoms with Gasteiger partial charge in [-0.25, -0.2) is 4.79 Å². The number of allylic oxidation sites excluding steroid dienone is 1. The SMILES string of the molecule is CC(C)(C)OC(=O)N1CCC(CC2(N3CCN(C(c4ccccc4)C4(C)C=CC(C(F)(F)F)=NC4)CC3C(C)(C)C)CO2)CC1. The first-order valence-corrected chi connectivity index (χ1v) is 16.4. The maximum Gasteiger partial charge on any atom is 0.432 e. The van der Waals surface area contributed by atoms with E-state index in [2.05, 4.69) is 47.7 Å². The van der Waals surface area contributed by atoms with Crippen LogP contribution in [0.4, 0.5) is 18.0 Å². The second-order valence-electron chi connectivity index (χ2n) is 15.8. The Hall–Kier alpha value is -2.43. The zero-order valence-electron chi connectivity index (χ0n) is 28.0. The molecule has 0 aliphatic carbocycles. The molecule has 3 saturated heterocycles. The second-order valence-corrected chi connectivity index (χ2v) is 15.8. The molecule has 5 rings (SSSR count). The van der Waals surface area contributed by atoms with Gasteiger partial charge in [-0.05, 0) is 63.0 Å². The number of aliphatic imine (C=N–C) groups is 1. The second kappa shape index (κ2) is 12.3. The van der Waals surface area contributed by atoms with E-state index in [0.717, 1.165) is 50.5 Å². The molecule has 0 bridgehead atoms. The predicted molar refractivity (Wildman–Crippen MR) is 170 cm³/mol. The quantitative estimate of drug-likeness (QED) is 0.313. The van der Waals surface area contributed by atoms with E-state index < -0.39 is 22.9 Å². The number of ether oxygens (including phenoxy) is 2. The summed E-state index contributed by atoms with van der Waals surface area (Å²) in [5, 5.41) is 0. The van der Waals surface area contributed by atoms with Gasteiger partial charge in [-0.2, -0.15) is 13.2 Å². The number of rotatable bonds is 6. The van der Waals surface area contributed by atoms with E-state index in [0.29, 0.717) is 25.6 Å². The number of hydrogen-bond acceptors (Lipinski definition) is 6. The molecule has 0 spiro atoms. The third-order valence-electron chi connectivity index (χ3n) is 9.89. The minimum Gasteiger partial charge on any atom is -0.444 e. The van der Waals surface area contributed by atoms with E-state index >= 15 is 0 Å². The van der Waals surface area contributed by atoms with Crippen molar-refractivity contribution in [3.63, 3.8) is 0 Å². The summed E-state index contributed by atoms with van der Waals surface area (Å²) in [5.74, 6) is 0.453. The summed E-state index contributed by atoms with van der Waals surface area (Å²) in [7, 11) is 0. The third-order valence-corrected chi connectivity index (χ3v) is 9.89. The fraction of sp³-hybridized carbons (Fsp3) is 0.714. The molecular weight excluding hydrogens is 581 g/mol. The lowest BCUT2D eigenvalue weighted by atomic mass is 9.74. The zero-order chi connectivity index (χ0) is 32.8. The van der Waals surface area contributed by atoms with Crippen molar-refractivity contribution in [2.45, 2.75) is 97.3 Å². The zero-order valence-corrected chi connectivity index (χ0v) is 28.0. The topological polar surface area (TPSA) is 60.9 Å². The molecule has 10 heteroatoms. The summed E-state index contributed by atoms with van der Waals surface area (Å²) in [6, 6.07) is 10.2. The van der Waals surface area contributed by atoms with Gasteiger partial charge < -0.3 is 14.4 Å². The van der Waals surface area contributed by atoms with E-state index in [1.807, 2.05) is 50.8 Å². The fourth-order valence-electron chi connectivity index (χ4n) is 7.49. The number of likely N-dealkylation sites (tertiary alicyclic amines) is 1. The van der Waals surface area contributed by atoms with Crippen molar-refractivity contribution in [3.05, 3.63) is 48.0 Å². The van der Waals surface area contributed by atoms with Crippen LogP contribution in [0, 0.1) is 16.7 Å². The molecule has 250 valence electrons. The molecule has 3 fully saturated rings. The molecule has 4 aliphatic heterocycles. The number of amides is 1. The summed E-state index contributed by atoms with van der Waals surface area (Å²) in [4.78, 5) is 23.5. The van der Waals surface area contributed by atoms with Crippen LogP contribution in [0.1, 0.15) is 79.3 Å². The summed E-state index contributed by atoms with van der Waals surface area (Å²) < 4.78 is 52.3. The Bertz CT molecular complexity index is 1260. The van der Waals surface area contributed by atoms with Crippen molar-refractivity contribution < 1.29 is 27.4 Å². The predicted octanol–water partition coefficient (Wildman–Crippen LogP) is 7.10. The van der Waals surface area contributed by atoms with Crippen LogP contribution < -0.4 is 0 Å². The van der Waals surface area contributed by atoms with Gasteiger partial charge in [0.25, 0.3) is 0 Å². The van der Waals surface area contributed by atoms with Crippen LogP contribution in [0.5, 0.6) is 0 Å². The van der Waals surface area contributed by atoms with Crippen molar-refractivity contribution in [1.29, 1.82) is 0 Å². The number of piperidine rings is 1. The van der Waals surface area contributed by atoms with Crippen LogP contribution in [0.3, 0.4) is 0 Å². The highest BCUT2D eigenvalue weighted by atomic mass is 19.4. The number of piperazine rings is 1. The maximum atomic E-state index is 13.5. The van der Waals surface area contributed by atoms with Crippen LogP contribution >= 0.6 is 0 Å². The molecule has 4 aliphatic rings. The van der Waals surface area contributed by atoms with Crippen LogP contribution in [0.25, 0.3) is 0 Å². The molecule has 0 saturated carbocycles. The lowest BCUT2D eigenvalue weighted by Gasteiger charge is -2.54. The van der Waals surface area contributed by atoms with Crippen molar-refractivity contribution >= 4 is 11.8 Å². The number of benzene rings is 1. The molecule has 45 heavy (non-hydrogen) atoms. The highest BCUT2D eigenvalue weighted by Crippen LogP contribution is 2.48. The van der Waals surface area contributed by atoms with Gasteiger partial charge in [0.2, 0.25) is 0 Å². The molecule has 0 radical (unpaired) electrons. The Balaban J connectivity index is 1.32. The van der Waals surface area contributed by atoms with E-state index in [1.54, 1.807) is 6.08 Å². The van der Waals surface area contributed by atoms with Crippen LogP contribution in [-0.4, -0.2) is 95.9 Å². The number of carbonyl (C=O) groups is 1. The maximum absolute atomic E-state index is 13.5. The molecule has 1 aromatic carbocycles. The van der Waals surface area contributed by atoms with Crippen LogP contribution in [0.2, 0.25) is 0 Å². The van der Waals surface area contributed by atoms with Gasteiger partial charge in [-0.1, -0.05) is 64.1 Å². The van der Waals surface area contributed by atoms with E-state index in [9.17, 15) is 18.0 Å². The number of hydrogen-bond donors (Lipinski definition) is 0. The smallest absolute Gasteiger partial charge is 0.432 e. The first-order chi connectivity index (χ1) is 20.9. The van der Waals surface area contributed by atoms with Crippen LogP contribution in [0.15, 0.2) is 47.5 Å². The first-order valence-electron chi connectivity index (χ1n) is 16.4. The average Bonchev–Trinajstić information content (AvgIpc) is 3.72. The molecule has 1 amide bonds. The number of carbonyl (C=O) groups excluding carboxylic acids is 1. The lowest BCUT2D eigenvalue weighted by molar-refractivity contribution is -0.0840. The Morgan fingerprint density at radius 2 is 1.69 bits per heavy atom. The summed E-state index contributed by atoms with van der Waals surface area (Å²) in [6.07, 6.45) is 0.980. The Morgan fingerprint density at radius 1 is 1.04 bits per heavy atom.